The third-order valence-electron chi connectivity index (χ3n) is 4.15. The maximum atomic E-state index is 12.2. The van der Waals surface area contributed by atoms with Gasteiger partial charge in [-0.1, -0.05) is 23.1 Å². The highest BCUT2D eigenvalue weighted by Gasteiger charge is 2.17. The molecule has 1 fully saturated rings. The van der Waals surface area contributed by atoms with Crippen molar-refractivity contribution in [3.63, 3.8) is 0 Å². The van der Waals surface area contributed by atoms with Gasteiger partial charge in [-0.2, -0.15) is 0 Å². The molecule has 4 rings (SSSR count). The lowest BCUT2D eigenvalue weighted by molar-refractivity contribution is 0.122. The number of ether oxygens (including phenoxy) is 1. The van der Waals surface area contributed by atoms with E-state index >= 15 is 0 Å². The van der Waals surface area contributed by atoms with Crippen LogP contribution in [0, 0.1) is 0 Å². The largest absolute Gasteiger partial charge is 0.378 e. The van der Waals surface area contributed by atoms with Crippen LogP contribution in [0.1, 0.15) is 5.82 Å². The van der Waals surface area contributed by atoms with Crippen LogP contribution < -0.4 is 16.1 Å². The van der Waals surface area contributed by atoms with Gasteiger partial charge in [0.25, 0.3) is 5.56 Å². The van der Waals surface area contributed by atoms with Crippen LogP contribution in [0.5, 0.6) is 0 Å². The van der Waals surface area contributed by atoms with Gasteiger partial charge in [0, 0.05) is 27.2 Å². The van der Waals surface area contributed by atoms with Gasteiger partial charge in [-0.05, 0) is 0 Å². The summed E-state index contributed by atoms with van der Waals surface area (Å²) in [4.78, 5) is 33.8. The van der Waals surface area contributed by atoms with Gasteiger partial charge in [0.1, 0.15) is 11.3 Å². The van der Waals surface area contributed by atoms with Gasteiger partial charge in [-0.15, -0.1) is 10.2 Å². The number of aromatic amines is 1. The molecule has 1 aliphatic rings. The molecule has 4 heterocycles. The molecule has 0 unspecified atom stereocenters. The Morgan fingerprint density at radius 3 is 2.73 bits per heavy atom. The molecule has 0 saturated carbocycles. The summed E-state index contributed by atoms with van der Waals surface area (Å²) in [6.45, 7) is 3.05. The van der Waals surface area contributed by atoms with Crippen molar-refractivity contribution in [3.05, 3.63) is 26.7 Å². The first-order valence-electron chi connectivity index (χ1n) is 7.98. The fourth-order valence-electron chi connectivity index (χ4n) is 2.72. The minimum absolute atomic E-state index is 0.330. The van der Waals surface area contributed by atoms with E-state index in [1.807, 2.05) is 0 Å². The molecule has 0 atom stereocenters. The molecule has 138 valence electrons. The van der Waals surface area contributed by atoms with E-state index in [0.717, 1.165) is 27.1 Å². The average molecular weight is 395 g/mol. The molecule has 10 nitrogen and oxygen atoms in total. The van der Waals surface area contributed by atoms with Crippen LogP contribution in [0.15, 0.2) is 13.9 Å². The maximum Gasteiger partial charge on any atom is 0.332 e. The van der Waals surface area contributed by atoms with Gasteiger partial charge in [0.15, 0.2) is 9.99 Å². The fraction of sp³-hybridized carbons (Fsp3) is 0.500. The van der Waals surface area contributed by atoms with Crippen LogP contribution in [0.4, 0.5) is 5.13 Å². The average Bonchev–Trinajstić information content (AvgIpc) is 3.31. The van der Waals surface area contributed by atoms with Crippen LogP contribution in [0.2, 0.25) is 0 Å². The van der Waals surface area contributed by atoms with E-state index in [-0.39, 0.29) is 5.56 Å². The summed E-state index contributed by atoms with van der Waals surface area (Å²) in [5, 5.41) is 9.33. The Hall–Kier alpha value is -2.18. The molecular weight excluding hydrogens is 378 g/mol. The van der Waals surface area contributed by atoms with E-state index in [1.54, 1.807) is 7.05 Å². The molecular formula is C14H17N7O3S2. The number of H-pyrrole nitrogens is 1. The van der Waals surface area contributed by atoms with Gasteiger partial charge >= 0.3 is 5.69 Å². The van der Waals surface area contributed by atoms with Crippen LogP contribution in [-0.2, 0) is 24.6 Å². The third-order valence-corrected chi connectivity index (χ3v) is 6.28. The first-order chi connectivity index (χ1) is 12.5. The van der Waals surface area contributed by atoms with Crippen molar-refractivity contribution < 1.29 is 4.74 Å². The summed E-state index contributed by atoms with van der Waals surface area (Å²) in [5.41, 5.74) is -0.0821. The second kappa shape index (κ2) is 6.85. The third kappa shape index (κ3) is 3.04. The number of imidazole rings is 1. The number of aromatic nitrogens is 6. The molecule has 0 amide bonds. The first-order valence-corrected chi connectivity index (χ1v) is 9.78. The number of anilines is 1. The lowest BCUT2D eigenvalue weighted by Crippen LogP contribution is -2.36. The van der Waals surface area contributed by atoms with Gasteiger partial charge in [-0.25, -0.2) is 9.78 Å². The highest BCUT2D eigenvalue weighted by molar-refractivity contribution is 8.00. The number of rotatable bonds is 4. The number of nitrogens with one attached hydrogen (secondary N) is 1. The molecule has 1 aliphatic heterocycles. The Bertz CT molecular complexity index is 1060. The molecule has 0 spiro atoms. The van der Waals surface area contributed by atoms with Gasteiger partial charge in [-0.3, -0.25) is 13.9 Å². The number of hydrogen-bond acceptors (Lipinski definition) is 9. The second-order valence-electron chi connectivity index (χ2n) is 5.83. The van der Waals surface area contributed by atoms with E-state index in [0.29, 0.717) is 36.0 Å². The maximum absolute atomic E-state index is 12.2. The summed E-state index contributed by atoms with van der Waals surface area (Å²) in [6.07, 6.45) is 0. The second-order valence-corrected chi connectivity index (χ2v) is 8.00. The van der Waals surface area contributed by atoms with Crippen molar-refractivity contribution in [2.75, 3.05) is 31.2 Å². The van der Waals surface area contributed by atoms with E-state index < -0.39 is 5.69 Å². The van der Waals surface area contributed by atoms with E-state index in [1.165, 1.54) is 34.7 Å². The molecule has 0 aromatic carbocycles. The van der Waals surface area contributed by atoms with E-state index in [9.17, 15) is 9.59 Å². The van der Waals surface area contributed by atoms with Gasteiger partial charge < -0.3 is 14.6 Å². The Labute approximate surface area is 155 Å². The number of thioether (sulfide) groups is 1. The quantitative estimate of drug-likeness (QED) is 0.612. The zero-order chi connectivity index (χ0) is 18.3. The van der Waals surface area contributed by atoms with Gasteiger partial charge in [0.05, 0.1) is 19.0 Å². The lowest BCUT2D eigenvalue weighted by Gasteiger charge is -2.25. The Morgan fingerprint density at radius 2 is 1.96 bits per heavy atom. The highest BCUT2D eigenvalue weighted by Crippen LogP contribution is 2.30. The SMILES string of the molecule is Cn1c(=O)c2[nH]c(CSc3nnc(N4CCOCC4)s3)nc2n(C)c1=O. The van der Waals surface area contributed by atoms with Crippen LogP contribution >= 0.6 is 23.1 Å². The summed E-state index contributed by atoms with van der Waals surface area (Å²) in [5.74, 6) is 1.12. The summed E-state index contributed by atoms with van der Waals surface area (Å²) >= 11 is 3.02. The molecule has 12 heteroatoms. The van der Waals surface area contributed by atoms with Crippen molar-refractivity contribution in [2.24, 2.45) is 14.1 Å². The lowest BCUT2D eigenvalue weighted by atomic mass is 10.5. The predicted molar refractivity (Wildman–Crippen MR) is 99.1 cm³/mol. The molecule has 0 radical (unpaired) electrons. The Morgan fingerprint density at radius 1 is 1.19 bits per heavy atom. The minimum Gasteiger partial charge on any atom is -0.378 e. The highest BCUT2D eigenvalue weighted by atomic mass is 32.2. The van der Waals surface area contributed by atoms with E-state index in [4.69, 9.17) is 4.74 Å². The molecule has 3 aromatic rings. The van der Waals surface area contributed by atoms with E-state index in [2.05, 4.69) is 25.1 Å². The van der Waals surface area contributed by atoms with Crippen molar-refractivity contribution in [1.82, 2.24) is 29.3 Å². The number of aryl methyl sites for hydroxylation is 1. The van der Waals surface area contributed by atoms with Crippen LogP contribution in [0.3, 0.4) is 0 Å². The first kappa shape index (κ1) is 17.2. The van der Waals surface area contributed by atoms with Crippen molar-refractivity contribution in [2.45, 2.75) is 10.1 Å². The van der Waals surface area contributed by atoms with Gasteiger partial charge in [0.2, 0.25) is 5.13 Å². The Balaban J connectivity index is 1.52. The van der Waals surface area contributed by atoms with Crippen molar-refractivity contribution in [3.8, 4) is 0 Å². The minimum atomic E-state index is -0.396. The molecule has 1 N–H and O–H groups in total. The Kier molecular flexibility index (Phi) is 4.54. The number of fused-ring (bicyclic) bond motifs is 1. The zero-order valence-corrected chi connectivity index (χ0v) is 15.9. The van der Waals surface area contributed by atoms with Crippen LogP contribution in [-0.4, -0.2) is 55.6 Å². The molecule has 26 heavy (non-hydrogen) atoms. The molecule has 0 aliphatic carbocycles. The van der Waals surface area contributed by atoms with Crippen LogP contribution in [0.25, 0.3) is 11.2 Å². The summed E-state index contributed by atoms with van der Waals surface area (Å²) in [7, 11) is 3.05. The van der Waals surface area contributed by atoms with Crippen molar-refractivity contribution >= 4 is 39.4 Å². The smallest absolute Gasteiger partial charge is 0.332 e. The zero-order valence-electron chi connectivity index (χ0n) is 14.3. The number of nitrogens with zero attached hydrogens (tertiary/aromatic N) is 6. The molecule has 0 bridgehead atoms. The molecule has 1 saturated heterocycles. The summed E-state index contributed by atoms with van der Waals surface area (Å²) in [6, 6.07) is 0. The number of morpholine rings is 1. The topological polar surface area (TPSA) is 111 Å². The standard InChI is InChI=1S/C14H17N7O3S2/c1-19-10-9(11(22)20(2)14(19)23)15-8(16-10)7-25-13-18-17-12(26-13)21-3-5-24-6-4-21/h3-7H2,1-2H3,(H,15,16). The molecule has 3 aromatic heterocycles. The van der Waals surface area contributed by atoms with Crippen molar-refractivity contribution in [1.29, 1.82) is 0 Å². The summed E-state index contributed by atoms with van der Waals surface area (Å²) < 4.78 is 8.60. The normalized spacial score (nSPS) is 15.1. The predicted octanol–water partition coefficient (Wildman–Crippen LogP) is -0.0593. The number of hydrogen-bond donors (Lipinski definition) is 1. The fourth-order valence-corrected chi connectivity index (χ4v) is 4.48. The monoisotopic (exact) mass is 395 g/mol.